The van der Waals surface area contributed by atoms with Crippen molar-refractivity contribution < 1.29 is 13.9 Å². The van der Waals surface area contributed by atoms with E-state index < -0.39 is 0 Å². The highest BCUT2D eigenvalue weighted by atomic mass is 32.1. The number of amides is 2. The van der Waals surface area contributed by atoms with E-state index >= 15 is 0 Å². The van der Waals surface area contributed by atoms with Gasteiger partial charge < -0.3 is 4.74 Å². The average Bonchev–Trinajstić information content (AvgIpc) is 3.43. The van der Waals surface area contributed by atoms with E-state index in [0.717, 1.165) is 5.69 Å². The molecule has 2 amide bonds. The highest BCUT2D eigenvalue weighted by Crippen LogP contribution is 2.41. The monoisotopic (exact) mass is 383 g/mol. The van der Waals surface area contributed by atoms with Crippen molar-refractivity contribution in [1.82, 2.24) is 4.98 Å². The Morgan fingerprint density at radius 1 is 1.26 bits per heavy atom. The van der Waals surface area contributed by atoms with Crippen molar-refractivity contribution in [2.24, 2.45) is 0 Å². The second-order valence-electron chi connectivity index (χ2n) is 6.40. The van der Waals surface area contributed by atoms with Crippen LogP contribution in [0.25, 0.3) is 0 Å². The van der Waals surface area contributed by atoms with Crippen LogP contribution in [0.2, 0.25) is 0 Å². The summed E-state index contributed by atoms with van der Waals surface area (Å²) in [5.74, 6) is 0.633. The van der Waals surface area contributed by atoms with E-state index in [0.29, 0.717) is 21.9 Å². The van der Waals surface area contributed by atoms with Crippen LogP contribution in [0.3, 0.4) is 0 Å². The zero-order valence-corrected chi connectivity index (χ0v) is 15.5. The molecule has 0 aliphatic heterocycles. The average molecular weight is 383 g/mol. The van der Waals surface area contributed by atoms with Crippen LogP contribution in [0.15, 0.2) is 54.7 Å². The fourth-order valence-electron chi connectivity index (χ4n) is 2.71. The predicted molar refractivity (Wildman–Crippen MR) is 104 cm³/mol. The Hall–Kier alpha value is -2.93. The third-order valence-corrected chi connectivity index (χ3v) is 5.11. The Morgan fingerprint density at radius 3 is 2.85 bits per heavy atom. The smallest absolute Gasteiger partial charge is 0.327 e. The van der Waals surface area contributed by atoms with Crippen molar-refractivity contribution in [3.8, 4) is 10.8 Å². The second-order valence-corrected chi connectivity index (χ2v) is 7.40. The van der Waals surface area contributed by atoms with Gasteiger partial charge in [0.15, 0.2) is 5.13 Å². The van der Waals surface area contributed by atoms with Crippen LogP contribution in [-0.4, -0.2) is 18.1 Å². The van der Waals surface area contributed by atoms with Gasteiger partial charge in [0.2, 0.25) is 5.06 Å². The maximum absolute atomic E-state index is 13.2. The molecule has 1 saturated carbocycles. The summed E-state index contributed by atoms with van der Waals surface area (Å²) in [5, 5.41) is 3.64. The number of urea groups is 1. The SMILES string of the molecule is CN(C(=O)Nc1ncc(Oc2cccc(F)c2)s1)c1cccc(C2CC2)c1. The number of halogens is 1. The van der Waals surface area contributed by atoms with Crippen LogP contribution in [0, 0.1) is 5.82 Å². The first kappa shape index (κ1) is 17.5. The Balaban J connectivity index is 1.40. The van der Waals surface area contributed by atoms with Gasteiger partial charge in [-0.15, -0.1) is 0 Å². The van der Waals surface area contributed by atoms with Gasteiger partial charge in [-0.1, -0.05) is 29.5 Å². The molecule has 5 nitrogen and oxygen atoms in total. The summed E-state index contributed by atoms with van der Waals surface area (Å²) in [7, 11) is 1.72. The van der Waals surface area contributed by atoms with Crippen LogP contribution in [0.5, 0.6) is 10.8 Å². The number of anilines is 2. The third kappa shape index (κ3) is 4.25. The van der Waals surface area contributed by atoms with E-state index in [1.807, 2.05) is 12.1 Å². The molecule has 138 valence electrons. The van der Waals surface area contributed by atoms with Gasteiger partial charge >= 0.3 is 6.03 Å². The predicted octanol–water partition coefficient (Wildman–Crippen LogP) is 5.62. The van der Waals surface area contributed by atoms with Crippen LogP contribution < -0.4 is 15.0 Å². The van der Waals surface area contributed by atoms with Gasteiger partial charge in [-0.2, -0.15) is 0 Å². The van der Waals surface area contributed by atoms with Gasteiger partial charge in [0.1, 0.15) is 11.6 Å². The molecule has 1 heterocycles. The van der Waals surface area contributed by atoms with E-state index in [1.165, 1.54) is 48.1 Å². The lowest BCUT2D eigenvalue weighted by atomic mass is 10.1. The van der Waals surface area contributed by atoms with Crippen molar-refractivity contribution >= 4 is 28.2 Å². The molecule has 0 radical (unpaired) electrons. The Kier molecular flexibility index (Phi) is 4.77. The van der Waals surface area contributed by atoms with E-state index in [4.69, 9.17) is 4.74 Å². The number of hydrogen-bond acceptors (Lipinski definition) is 4. The Labute approximate surface area is 160 Å². The fourth-order valence-corrected chi connectivity index (χ4v) is 3.39. The number of nitrogens with zero attached hydrogens (tertiary/aromatic N) is 2. The number of aromatic nitrogens is 1. The summed E-state index contributed by atoms with van der Waals surface area (Å²) in [6, 6.07) is 13.6. The topological polar surface area (TPSA) is 54.5 Å². The fraction of sp³-hybridized carbons (Fsp3) is 0.200. The molecule has 0 unspecified atom stereocenters. The molecule has 1 aromatic heterocycles. The Bertz CT molecular complexity index is 971. The summed E-state index contributed by atoms with van der Waals surface area (Å²) in [5.41, 5.74) is 2.11. The van der Waals surface area contributed by atoms with Gasteiger partial charge in [0.05, 0.1) is 6.20 Å². The number of carbonyl (C=O) groups excluding carboxylic acids is 1. The van der Waals surface area contributed by atoms with Gasteiger partial charge in [0.25, 0.3) is 0 Å². The van der Waals surface area contributed by atoms with Crippen molar-refractivity contribution in [1.29, 1.82) is 0 Å². The molecule has 1 N–H and O–H groups in total. The van der Waals surface area contributed by atoms with E-state index in [1.54, 1.807) is 24.1 Å². The highest BCUT2D eigenvalue weighted by Gasteiger charge is 2.24. The maximum Gasteiger partial charge on any atom is 0.327 e. The quantitative estimate of drug-likeness (QED) is 0.622. The summed E-state index contributed by atoms with van der Waals surface area (Å²) < 4.78 is 18.8. The highest BCUT2D eigenvalue weighted by molar-refractivity contribution is 7.17. The Morgan fingerprint density at radius 2 is 2.07 bits per heavy atom. The van der Waals surface area contributed by atoms with Crippen molar-refractivity contribution in [2.45, 2.75) is 18.8 Å². The van der Waals surface area contributed by atoms with Crippen molar-refractivity contribution in [3.63, 3.8) is 0 Å². The number of hydrogen-bond donors (Lipinski definition) is 1. The molecule has 1 fully saturated rings. The number of carbonyl (C=O) groups is 1. The molecule has 27 heavy (non-hydrogen) atoms. The van der Waals surface area contributed by atoms with E-state index in [2.05, 4.69) is 22.4 Å². The number of rotatable bonds is 5. The van der Waals surface area contributed by atoms with Crippen molar-refractivity contribution in [3.05, 3.63) is 66.1 Å². The minimum Gasteiger partial charge on any atom is -0.445 e. The lowest BCUT2D eigenvalue weighted by Crippen LogP contribution is -2.31. The molecular formula is C20H18FN3O2S. The lowest BCUT2D eigenvalue weighted by Gasteiger charge is -2.18. The molecule has 4 rings (SSSR count). The van der Waals surface area contributed by atoms with E-state index in [-0.39, 0.29) is 11.8 Å². The minimum absolute atomic E-state index is 0.283. The molecule has 0 spiro atoms. The van der Waals surface area contributed by atoms with Gasteiger partial charge in [0, 0.05) is 18.8 Å². The van der Waals surface area contributed by atoms with Gasteiger partial charge in [-0.05, 0) is 48.6 Å². The normalized spacial score (nSPS) is 13.3. The molecule has 2 aromatic carbocycles. The summed E-state index contributed by atoms with van der Waals surface area (Å²) in [4.78, 5) is 18.2. The number of nitrogens with one attached hydrogen (secondary N) is 1. The number of benzene rings is 2. The molecule has 3 aromatic rings. The minimum atomic E-state index is -0.374. The molecule has 1 aliphatic rings. The summed E-state index contributed by atoms with van der Waals surface area (Å²) in [6.07, 6.45) is 3.93. The molecule has 0 saturated heterocycles. The zero-order chi connectivity index (χ0) is 18.8. The van der Waals surface area contributed by atoms with Crippen molar-refractivity contribution in [2.75, 3.05) is 17.3 Å². The lowest BCUT2D eigenvalue weighted by molar-refractivity contribution is 0.258. The summed E-state index contributed by atoms with van der Waals surface area (Å²) in [6.45, 7) is 0. The largest absolute Gasteiger partial charge is 0.445 e. The molecule has 0 atom stereocenters. The van der Waals surface area contributed by atoms with Gasteiger partial charge in [-0.25, -0.2) is 14.2 Å². The first-order valence-corrected chi connectivity index (χ1v) is 9.44. The molecule has 1 aliphatic carbocycles. The molecule has 0 bridgehead atoms. The molecular weight excluding hydrogens is 365 g/mol. The number of thiazole rings is 1. The maximum atomic E-state index is 13.2. The number of ether oxygens (including phenoxy) is 1. The zero-order valence-electron chi connectivity index (χ0n) is 14.7. The second kappa shape index (κ2) is 7.36. The molecule has 7 heteroatoms. The first-order valence-electron chi connectivity index (χ1n) is 8.62. The van der Waals surface area contributed by atoms with Crippen LogP contribution in [0.4, 0.5) is 20.0 Å². The van der Waals surface area contributed by atoms with Crippen LogP contribution in [0.1, 0.15) is 24.3 Å². The van der Waals surface area contributed by atoms with E-state index in [9.17, 15) is 9.18 Å². The van der Waals surface area contributed by atoms with Gasteiger partial charge in [-0.3, -0.25) is 10.2 Å². The first-order chi connectivity index (χ1) is 13.1. The third-order valence-electron chi connectivity index (χ3n) is 4.32. The standard InChI is InChI=1S/C20H18FN3O2S/c1-24(16-6-2-4-14(10-16)13-8-9-13)20(25)23-19-22-12-18(27-19)26-17-7-3-5-15(21)11-17/h2-7,10-13H,8-9H2,1H3,(H,22,23,25). The summed E-state index contributed by atoms with van der Waals surface area (Å²) >= 11 is 1.18. The van der Waals surface area contributed by atoms with Crippen LogP contribution >= 0.6 is 11.3 Å². The van der Waals surface area contributed by atoms with Crippen LogP contribution in [-0.2, 0) is 0 Å².